The number of nitrogens with one attached hydrogen (secondary N) is 1. The Balaban J connectivity index is 0.830. The molecule has 9 nitrogen and oxygen atoms in total. The number of rotatable bonds is 7. The number of aromatic amines is 1. The lowest BCUT2D eigenvalue weighted by Crippen LogP contribution is -2.54. The van der Waals surface area contributed by atoms with Crippen LogP contribution in [0.25, 0.3) is 10.8 Å². The summed E-state index contributed by atoms with van der Waals surface area (Å²) >= 11 is 0. The molecule has 276 valence electrons. The number of nitrogens with zero attached hydrogens (tertiary/aromatic N) is 3. The number of piperazine rings is 1. The minimum atomic E-state index is -0.590. The normalized spacial score (nSPS) is 31.6. The molecule has 1 saturated heterocycles. The van der Waals surface area contributed by atoms with Crippen LogP contribution < -0.4 is 5.56 Å². The lowest BCUT2D eigenvalue weighted by atomic mass is 9.45. The summed E-state index contributed by atoms with van der Waals surface area (Å²) in [5.74, 6) is 2.15. The molecule has 7 atom stereocenters. The molecular weight excluding hydrogens is 659 g/mol. The van der Waals surface area contributed by atoms with E-state index in [1.54, 1.807) is 34.1 Å². The number of carbonyl (C=O) groups excluding carboxylic acids is 3. The predicted octanol–water partition coefficient (Wildman–Crippen LogP) is 6.32. The number of aromatic nitrogens is 2. The van der Waals surface area contributed by atoms with Gasteiger partial charge >= 0.3 is 0 Å². The fourth-order valence-corrected chi connectivity index (χ4v) is 11.4. The van der Waals surface area contributed by atoms with E-state index < -0.39 is 11.7 Å². The number of carbonyl (C=O) groups is 3. The van der Waals surface area contributed by atoms with Crippen molar-refractivity contribution in [3.05, 3.63) is 75.5 Å². The van der Waals surface area contributed by atoms with Gasteiger partial charge in [-0.25, -0.2) is 9.49 Å². The van der Waals surface area contributed by atoms with Gasteiger partial charge in [0.1, 0.15) is 11.6 Å². The van der Waals surface area contributed by atoms with Crippen molar-refractivity contribution in [2.24, 2.45) is 34.5 Å². The number of fused-ring (bicyclic) bond motifs is 6. The molecule has 0 bridgehead atoms. The van der Waals surface area contributed by atoms with Gasteiger partial charge < -0.3 is 14.5 Å². The van der Waals surface area contributed by atoms with Gasteiger partial charge in [-0.15, -0.1) is 0 Å². The maximum Gasteiger partial charge on any atom is 0.272 e. The highest BCUT2D eigenvalue weighted by atomic mass is 19.1. The monoisotopic (exact) mass is 710 g/mol. The molecule has 8 rings (SSSR count). The van der Waals surface area contributed by atoms with Crippen LogP contribution in [0.4, 0.5) is 4.39 Å². The Hall–Kier alpha value is -3.92. The summed E-state index contributed by atoms with van der Waals surface area (Å²) in [6.07, 6.45) is 10.5. The van der Waals surface area contributed by atoms with Crippen LogP contribution in [0.5, 0.6) is 0 Å². The van der Waals surface area contributed by atoms with Gasteiger partial charge in [0, 0.05) is 50.8 Å². The van der Waals surface area contributed by atoms with Gasteiger partial charge in [-0.1, -0.05) is 38.1 Å². The molecule has 4 saturated carbocycles. The Bertz CT molecular complexity index is 1940. The predicted molar refractivity (Wildman–Crippen MR) is 195 cm³/mol. The maximum absolute atomic E-state index is 15.0. The third-order valence-electron chi connectivity index (χ3n) is 14.4. The highest BCUT2D eigenvalue weighted by Crippen LogP contribution is 2.66. The second-order valence-electron chi connectivity index (χ2n) is 16.8. The molecule has 4 aliphatic carbocycles. The summed E-state index contributed by atoms with van der Waals surface area (Å²) in [5, 5.41) is 8.01. The zero-order chi connectivity index (χ0) is 36.2. The van der Waals surface area contributed by atoms with E-state index in [2.05, 4.69) is 24.0 Å². The van der Waals surface area contributed by atoms with Crippen molar-refractivity contribution in [2.45, 2.75) is 90.6 Å². The maximum atomic E-state index is 15.0. The van der Waals surface area contributed by atoms with Crippen LogP contribution in [0.15, 0.2) is 47.3 Å². The standard InChI is InChI=1S/C42H51FN4O5/c1-41-16-13-28(48)25-27(41)8-9-31-33-10-12-37(42(33,2)17-14-34(31)41)52-22-15-38(49)46-18-20-47(21-19-46)40(51)32-23-26(7-11-35(32)43)24-36-29-5-3-4-6-30(29)39(50)45-44-36/h3-7,11,23,27,31,33-34,37H,8-10,12-22,24-25H2,1-2H3,(H,45,50)/t27-,31-,33-,34-,37?,41-,42-/m0/s1. The summed E-state index contributed by atoms with van der Waals surface area (Å²) in [4.78, 5) is 54.7. The summed E-state index contributed by atoms with van der Waals surface area (Å²) in [6.45, 7) is 6.79. The fourth-order valence-electron chi connectivity index (χ4n) is 11.4. The van der Waals surface area contributed by atoms with Gasteiger partial charge in [0.15, 0.2) is 0 Å². The number of Topliss-reactive ketones (excluding diaryl/α,β-unsaturated/α-hetero) is 1. The third-order valence-corrected chi connectivity index (χ3v) is 14.4. The number of hydrogen-bond donors (Lipinski definition) is 1. The smallest absolute Gasteiger partial charge is 0.272 e. The Morgan fingerprint density at radius 2 is 1.65 bits per heavy atom. The molecule has 5 aliphatic rings. The highest BCUT2D eigenvalue weighted by molar-refractivity contribution is 5.95. The van der Waals surface area contributed by atoms with Gasteiger partial charge in [-0.05, 0) is 103 Å². The summed E-state index contributed by atoms with van der Waals surface area (Å²) < 4.78 is 21.6. The van der Waals surface area contributed by atoms with Crippen LogP contribution in [-0.4, -0.2) is 76.5 Å². The molecular formula is C42H51FN4O5. The second-order valence-corrected chi connectivity index (χ2v) is 16.8. The number of ketones is 1. The molecule has 10 heteroatoms. The fraction of sp³-hybridized carbons (Fsp3) is 0.595. The van der Waals surface area contributed by atoms with Crippen molar-refractivity contribution < 1.29 is 23.5 Å². The van der Waals surface area contributed by atoms with Gasteiger partial charge in [0.05, 0.1) is 35.8 Å². The SMILES string of the molecule is C[C@]12CCC(=O)C[C@@H]1CC[C@@H]1[C@@H]2CC[C@]2(C)C(OCCC(=O)N3CCN(C(=O)c4cc(Cc5n[nH]c(=O)c6ccccc56)ccc4F)CC3)CC[C@@H]12. The van der Waals surface area contributed by atoms with Crippen molar-refractivity contribution in [3.63, 3.8) is 0 Å². The third kappa shape index (κ3) is 6.18. The highest BCUT2D eigenvalue weighted by Gasteiger charge is 2.60. The Kier molecular flexibility index (Phi) is 9.33. The van der Waals surface area contributed by atoms with E-state index in [1.165, 1.54) is 31.7 Å². The lowest BCUT2D eigenvalue weighted by Gasteiger charge is -2.60. The lowest BCUT2D eigenvalue weighted by molar-refractivity contribution is -0.146. The van der Waals surface area contributed by atoms with Gasteiger partial charge in [-0.3, -0.25) is 19.2 Å². The van der Waals surface area contributed by atoms with Crippen molar-refractivity contribution in [2.75, 3.05) is 32.8 Å². The molecule has 3 aromatic rings. The molecule has 0 radical (unpaired) electrons. The van der Waals surface area contributed by atoms with Crippen LogP contribution in [-0.2, 0) is 20.7 Å². The molecule has 2 aromatic carbocycles. The number of amides is 2. The van der Waals surface area contributed by atoms with E-state index in [0.717, 1.165) is 37.5 Å². The quantitative estimate of drug-likeness (QED) is 0.307. The van der Waals surface area contributed by atoms with Crippen molar-refractivity contribution in [3.8, 4) is 0 Å². The second kappa shape index (κ2) is 13.8. The van der Waals surface area contributed by atoms with Crippen molar-refractivity contribution >= 4 is 28.4 Å². The van der Waals surface area contributed by atoms with Gasteiger partial charge in [0.25, 0.3) is 11.5 Å². The van der Waals surface area contributed by atoms with Gasteiger partial charge in [-0.2, -0.15) is 5.10 Å². The molecule has 1 aliphatic heterocycles. The average Bonchev–Trinajstić information content (AvgIpc) is 3.49. The summed E-state index contributed by atoms with van der Waals surface area (Å²) in [6, 6.07) is 11.7. The van der Waals surface area contributed by atoms with E-state index in [0.29, 0.717) is 97.1 Å². The summed E-state index contributed by atoms with van der Waals surface area (Å²) in [5.41, 5.74) is 1.51. The van der Waals surface area contributed by atoms with Crippen LogP contribution in [0.1, 0.15) is 99.7 Å². The van der Waals surface area contributed by atoms with E-state index in [-0.39, 0.29) is 28.5 Å². The van der Waals surface area contributed by atoms with Crippen LogP contribution in [0.2, 0.25) is 0 Å². The summed E-state index contributed by atoms with van der Waals surface area (Å²) in [7, 11) is 0. The van der Waals surface area contributed by atoms with Crippen molar-refractivity contribution in [1.29, 1.82) is 0 Å². The Morgan fingerprint density at radius 1 is 0.904 bits per heavy atom. The van der Waals surface area contributed by atoms with Crippen LogP contribution in [0.3, 0.4) is 0 Å². The molecule has 52 heavy (non-hydrogen) atoms. The minimum Gasteiger partial charge on any atom is -0.377 e. The van der Waals surface area contributed by atoms with Crippen LogP contribution >= 0.6 is 0 Å². The van der Waals surface area contributed by atoms with Crippen LogP contribution in [0, 0.1) is 40.3 Å². The number of benzene rings is 2. The van der Waals surface area contributed by atoms with Gasteiger partial charge in [0.2, 0.25) is 5.91 Å². The van der Waals surface area contributed by atoms with E-state index in [1.807, 2.05) is 12.1 Å². The molecule has 1 aromatic heterocycles. The van der Waals surface area contributed by atoms with E-state index in [9.17, 15) is 19.2 Å². The molecule has 2 amide bonds. The Labute approximate surface area is 304 Å². The molecule has 2 heterocycles. The first-order chi connectivity index (χ1) is 25.0. The first-order valence-corrected chi connectivity index (χ1v) is 19.5. The first-order valence-electron chi connectivity index (χ1n) is 19.5. The zero-order valence-corrected chi connectivity index (χ0v) is 30.5. The molecule has 0 spiro atoms. The number of ether oxygens (including phenoxy) is 1. The molecule has 1 N–H and O–H groups in total. The molecule has 5 fully saturated rings. The van der Waals surface area contributed by atoms with E-state index >= 15 is 4.39 Å². The minimum absolute atomic E-state index is 0.00667. The number of H-pyrrole nitrogens is 1. The first kappa shape index (κ1) is 35.1. The number of hydrogen-bond acceptors (Lipinski definition) is 6. The molecule has 1 unspecified atom stereocenters. The van der Waals surface area contributed by atoms with E-state index in [4.69, 9.17) is 4.74 Å². The number of halogens is 1. The Morgan fingerprint density at radius 3 is 2.46 bits per heavy atom. The zero-order valence-electron chi connectivity index (χ0n) is 30.5. The van der Waals surface area contributed by atoms with Crippen molar-refractivity contribution in [1.82, 2.24) is 20.0 Å². The topological polar surface area (TPSA) is 113 Å². The average molecular weight is 711 g/mol. The largest absolute Gasteiger partial charge is 0.377 e.